The van der Waals surface area contributed by atoms with Crippen LogP contribution < -0.4 is 10.1 Å². The molecule has 1 saturated heterocycles. The lowest BCUT2D eigenvalue weighted by Gasteiger charge is -2.35. The Bertz CT molecular complexity index is 837. The summed E-state index contributed by atoms with van der Waals surface area (Å²) >= 11 is 0. The fourth-order valence-corrected chi connectivity index (χ4v) is 4.76. The van der Waals surface area contributed by atoms with E-state index in [2.05, 4.69) is 10.3 Å². The SMILES string of the molecule is COCCOc1ccccc1S(=O)(=O)N1CCNCC1c1nccn1C. The van der Waals surface area contributed by atoms with Gasteiger partial charge in [-0.25, -0.2) is 13.4 Å². The van der Waals surface area contributed by atoms with Gasteiger partial charge in [0.1, 0.15) is 23.1 Å². The summed E-state index contributed by atoms with van der Waals surface area (Å²) in [5, 5.41) is 3.25. The normalized spacial score (nSPS) is 18.8. The zero-order valence-corrected chi connectivity index (χ0v) is 15.8. The van der Waals surface area contributed by atoms with Gasteiger partial charge in [0.05, 0.1) is 12.6 Å². The number of hydrogen-bond donors (Lipinski definition) is 1. The highest BCUT2D eigenvalue weighted by Crippen LogP contribution is 2.32. The van der Waals surface area contributed by atoms with Crippen LogP contribution in [0.5, 0.6) is 5.75 Å². The number of para-hydroxylation sites is 1. The molecule has 1 unspecified atom stereocenters. The van der Waals surface area contributed by atoms with Crippen molar-refractivity contribution in [1.82, 2.24) is 19.2 Å². The molecule has 1 aromatic carbocycles. The Morgan fingerprint density at radius 3 is 2.85 bits per heavy atom. The second-order valence-electron chi connectivity index (χ2n) is 6.02. The summed E-state index contributed by atoms with van der Waals surface area (Å²) in [4.78, 5) is 4.51. The molecule has 2 heterocycles. The highest BCUT2D eigenvalue weighted by Gasteiger charge is 2.37. The van der Waals surface area contributed by atoms with Crippen LogP contribution in [0.1, 0.15) is 11.9 Å². The zero-order chi connectivity index (χ0) is 18.6. The maximum absolute atomic E-state index is 13.4. The lowest BCUT2D eigenvalue weighted by atomic mass is 10.2. The van der Waals surface area contributed by atoms with Gasteiger partial charge in [0, 0.05) is 46.2 Å². The number of hydrogen-bond acceptors (Lipinski definition) is 6. The third kappa shape index (κ3) is 3.75. The van der Waals surface area contributed by atoms with Crippen LogP contribution in [0.15, 0.2) is 41.6 Å². The highest BCUT2D eigenvalue weighted by atomic mass is 32.2. The number of aryl methyl sites for hydroxylation is 1. The molecule has 9 heteroatoms. The van der Waals surface area contributed by atoms with E-state index in [4.69, 9.17) is 9.47 Å². The monoisotopic (exact) mass is 380 g/mol. The first kappa shape index (κ1) is 18.8. The van der Waals surface area contributed by atoms with Gasteiger partial charge in [-0.1, -0.05) is 12.1 Å². The predicted molar refractivity (Wildman–Crippen MR) is 96.5 cm³/mol. The summed E-state index contributed by atoms with van der Waals surface area (Å²) in [6, 6.07) is 6.33. The van der Waals surface area contributed by atoms with Crippen molar-refractivity contribution in [3.05, 3.63) is 42.5 Å². The highest BCUT2D eigenvalue weighted by molar-refractivity contribution is 7.89. The average Bonchev–Trinajstić information content (AvgIpc) is 3.08. The number of rotatable bonds is 7. The molecule has 0 saturated carbocycles. The second kappa shape index (κ2) is 8.17. The maximum Gasteiger partial charge on any atom is 0.247 e. The van der Waals surface area contributed by atoms with Gasteiger partial charge in [0.2, 0.25) is 10.0 Å². The molecule has 1 N–H and O–H groups in total. The molecule has 1 aromatic heterocycles. The Hall–Kier alpha value is -1.94. The first-order chi connectivity index (χ1) is 12.6. The molecule has 0 spiro atoms. The van der Waals surface area contributed by atoms with E-state index in [0.29, 0.717) is 37.8 Å². The molecule has 0 bridgehead atoms. The van der Waals surface area contributed by atoms with Crippen LogP contribution in [0.4, 0.5) is 0 Å². The summed E-state index contributed by atoms with van der Waals surface area (Å²) < 4.78 is 40.8. The van der Waals surface area contributed by atoms with Crippen molar-refractivity contribution < 1.29 is 17.9 Å². The average molecular weight is 380 g/mol. The molecule has 1 aliphatic rings. The molecule has 1 fully saturated rings. The molecule has 0 amide bonds. The lowest BCUT2D eigenvalue weighted by molar-refractivity contribution is 0.144. The Kier molecular flexibility index (Phi) is 5.92. The number of nitrogens with one attached hydrogen (secondary N) is 1. The number of sulfonamides is 1. The number of benzene rings is 1. The Morgan fingerprint density at radius 1 is 1.31 bits per heavy atom. The third-order valence-electron chi connectivity index (χ3n) is 4.33. The van der Waals surface area contributed by atoms with Gasteiger partial charge in [0.15, 0.2) is 0 Å². The molecule has 0 aliphatic carbocycles. The fraction of sp³-hybridized carbons (Fsp3) is 0.471. The Labute approximate surface area is 153 Å². The molecule has 142 valence electrons. The van der Waals surface area contributed by atoms with Crippen molar-refractivity contribution >= 4 is 10.0 Å². The van der Waals surface area contributed by atoms with Crippen molar-refractivity contribution in [2.24, 2.45) is 7.05 Å². The van der Waals surface area contributed by atoms with Crippen LogP contribution in [0.2, 0.25) is 0 Å². The first-order valence-corrected chi connectivity index (χ1v) is 9.90. The van der Waals surface area contributed by atoms with Gasteiger partial charge in [-0.15, -0.1) is 0 Å². The summed E-state index contributed by atoms with van der Waals surface area (Å²) in [6.07, 6.45) is 3.49. The fourth-order valence-electron chi connectivity index (χ4n) is 3.04. The summed E-state index contributed by atoms with van der Waals surface area (Å²) in [7, 11) is -0.309. The molecular weight excluding hydrogens is 356 g/mol. The van der Waals surface area contributed by atoms with E-state index in [-0.39, 0.29) is 17.5 Å². The Balaban J connectivity index is 1.95. The maximum atomic E-state index is 13.4. The minimum Gasteiger partial charge on any atom is -0.490 e. The van der Waals surface area contributed by atoms with Gasteiger partial charge < -0.3 is 19.4 Å². The van der Waals surface area contributed by atoms with Crippen LogP contribution in [0, 0.1) is 0 Å². The molecule has 1 atom stereocenters. The molecule has 26 heavy (non-hydrogen) atoms. The van der Waals surface area contributed by atoms with Crippen molar-refractivity contribution in [2.75, 3.05) is 40.0 Å². The molecule has 0 radical (unpaired) electrons. The standard InChI is InChI=1S/C17H24N4O4S/c1-20-9-8-19-17(20)14-13-18-7-10-21(14)26(22,23)16-6-4-3-5-15(16)25-12-11-24-2/h3-6,8-9,14,18H,7,10-13H2,1-2H3. The third-order valence-corrected chi connectivity index (χ3v) is 6.28. The first-order valence-electron chi connectivity index (χ1n) is 8.46. The van der Waals surface area contributed by atoms with E-state index in [1.54, 1.807) is 37.6 Å². The Morgan fingerprint density at radius 2 is 2.12 bits per heavy atom. The van der Waals surface area contributed by atoms with Gasteiger partial charge >= 0.3 is 0 Å². The van der Waals surface area contributed by atoms with E-state index >= 15 is 0 Å². The summed E-state index contributed by atoms with van der Waals surface area (Å²) in [5.74, 6) is 1.04. The van der Waals surface area contributed by atoms with E-state index in [9.17, 15) is 8.42 Å². The predicted octanol–water partition coefficient (Wildman–Crippen LogP) is 0.780. The zero-order valence-electron chi connectivity index (χ0n) is 15.0. The molecule has 8 nitrogen and oxygen atoms in total. The smallest absolute Gasteiger partial charge is 0.247 e. The van der Waals surface area contributed by atoms with Crippen molar-refractivity contribution in [3.63, 3.8) is 0 Å². The molecule has 1 aliphatic heterocycles. The number of nitrogens with zero attached hydrogens (tertiary/aromatic N) is 3. The lowest BCUT2D eigenvalue weighted by Crippen LogP contribution is -2.49. The number of imidazole rings is 1. The van der Waals surface area contributed by atoms with Crippen molar-refractivity contribution in [3.8, 4) is 5.75 Å². The minimum atomic E-state index is -3.75. The molecule has 2 aromatic rings. The number of piperazine rings is 1. The largest absolute Gasteiger partial charge is 0.490 e. The van der Waals surface area contributed by atoms with E-state index < -0.39 is 10.0 Å². The van der Waals surface area contributed by atoms with Crippen LogP contribution in [0.25, 0.3) is 0 Å². The number of ether oxygens (including phenoxy) is 2. The van der Waals surface area contributed by atoms with Crippen LogP contribution in [-0.2, 0) is 21.8 Å². The summed E-state index contributed by atoms with van der Waals surface area (Å²) in [6.45, 7) is 2.14. The minimum absolute atomic E-state index is 0.164. The number of methoxy groups -OCH3 is 1. The number of aromatic nitrogens is 2. The second-order valence-corrected chi connectivity index (χ2v) is 7.88. The van der Waals surface area contributed by atoms with E-state index in [1.165, 1.54) is 4.31 Å². The summed E-state index contributed by atoms with van der Waals surface area (Å²) in [5.41, 5.74) is 0. The van der Waals surface area contributed by atoms with Crippen LogP contribution in [-0.4, -0.2) is 62.2 Å². The molecule has 3 rings (SSSR count). The van der Waals surface area contributed by atoms with Gasteiger partial charge in [-0.3, -0.25) is 0 Å². The van der Waals surface area contributed by atoms with Gasteiger partial charge in [0.25, 0.3) is 0 Å². The quantitative estimate of drug-likeness (QED) is 0.715. The van der Waals surface area contributed by atoms with Crippen LogP contribution in [0.3, 0.4) is 0 Å². The van der Waals surface area contributed by atoms with E-state index in [0.717, 1.165) is 0 Å². The van der Waals surface area contributed by atoms with E-state index in [1.807, 2.05) is 17.8 Å². The molecular formula is C17H24N4O4S. The van der Waals surface area contributed by atoms with Gasteiger partial charge in [-0.05, 0) is 12.1 Å². The van der Waals surface area contributed by atoms with Crippen molar-refractivity contribution in [2.45, 2.75) is 10.9 Å². The van der Waals surface area contributed by atoms with Crippen molar-refractivity contribution in [1.29, 1.82) is 0 Å². The van der Waals surface area contributed by atoms with Crippen LogP contribution >= 0.6 is 0 Å². The van der Waals surface area contributed by atoms with Gasteiger partial charge in [-0.2, -0.15) is 4.31 Å². The topological polar surface area (TPSA) is 85.7 Å².